The molecule has 88 valence electrons. The summed E-state index contributed by atoms with van der Waals surface area (Å²) >= 11 is 0. The number of aliphatic carboxylic acids is 1. The molecule has 0 rings (SSSR count). The van der Waals surface area contributed by atoms with E-state index in [-0.39, 0.29) is 24.6 Å². The van der Waals surface area contributed by atoms with Crippen molar-refractivity contribution in [2.75, 3.05) is 12.3 Å². The summed E-state index contributed by atoms with van der Waals surface area (Å²) in [6.07, 6.45) is 1.90. The second kappa shape index (κ2) is 6.58. The Morgan fingerprint density at radius 3 is 2.60 bits per heavy atom. The molecule has 0 heterocycles. The molecule has 0 radical (unpaired) electrons. The molecule has 0 saturated heterocycles. The molecule has 0 aliphatic heterocycles. The van der Waals surface area contributed by atoms with E-state index in [1.165, 1.54) is 6.08 Å². The van der Waals surface area contributed by atoms with Crippen LogP contribution < -0.4 is 4.72 Å². The van der Waals surface area contributed by atoms with Crippen LogP contribution in [0.4, 0.5) is 0 Å². The van der Waals surface area contributed by atoms with Crippen LogP contribution in [0.15, 0.2) is 12.7 Å². The first kappa shape index (κ1) is 14.1. The minimum absolute atomic E-state index is 0.0207. The van der Waals surface area contributed by atoms with Gasteiger partial charge in [0.1, 0.15) is 0 Å². The molecule has 6 heteroatoms. The number of sulfonamides is 1. The van der Waals surface area contributed by atoms with E-state index in [1.54, 1.807) is 0 Å². The molecular formula is C9H17NO4S. The van der Waals surface area contributed by atoms with Crippen molar-refractivity contribution >= 4 is 16.0 Å². The molecule has 5 nitrogen and oxygen atoms in total. The molecular weight excluding hydrogens is 218 g/mol. The van der Waals surface area contributed by atoms with E-state index in [2.05, 4.69) is 11.3 Å². The summed E-state index contributed by atoms with van der Waals surface area (Å²) in [7, 11) is -3.33. The third kappa shape index (κ3) is 7.10. The van der Waals surface area contributed by atoms with Crippen LogP contribution in [0.25, 0.3) is 0 Å². The van der Waals surface area contributed by atoms with E-state index in [1.807, 2.05) is 6.92 Å². The van der Waals surface area contributed by atoms with Crippen molar-refractivity contribution in [3.63, 3.8) is 0 Å². The highest BCUT2D eigenvalue weighted by molar-refractivity contribution is 7.89. The van der Waals surface area contributed by atoms with E-state index in [9.17, 15) is 13.2 Å². The van der Waals surface area contributed by atoms with E-state index in [0.29, 0.717) is 6.42 Å². The first-order valence-corrected chi connectivity index (χ1v) is 6.36. The lowest BCUT2D eigenvalue weighted by Gasteiger charge is -2.12. The van der Waals surface area contributed by atoms with Crippen molar-refractivity contribution in [1.29, 1.82) is 0 Å². The Kier molecular flexibility index (Phi) is 6.19. The molecule has 0 amide bonds. The maximum atomic E-state index is 11.2. The average molecular weight is 235 g/mol. The molecule has 0 aromatic heterocycles. The number of carbonyl (C=O) groups is 1. The summed E-state index contributed by atoms with van der Waals surface area (Å²) in [5.41, 5.74) is 0. The Bertz CT molecular complexity index is 310. The summed E-state index contributed by atoms with van der Waals surface area (Å²) in [6, 6.07) is 0. The van der Waals surface area contributed by atoms with Crippen LogP contribution in [0, 0.1) is 5.92 Å². The third-order valence-electron chi connectivity index (χ3n) is 1.97. The summed E-state index contributed by atoms with van der Waals surface area (Å²) < 4.78 is 24.8. The summed E-state index contributed by atoms with van der Waals surface area (Å²) in [6.45, 7) is 5.32. The number of carboxylic acid groups (broad SMARTS) is 1. The molecule has 0 aromatic rings. The van der Waals surface area contributed by atoms with Gasteiger partial charge in [0.2, 0.25) is 10.0 Å². The first-order valence-electron chi connectivity index (χ1n) is 4.71. The Hall–Kier alpha value is -0.880. The summed E-state index contributed by atoms with van der Waals surface area (Å²) in [4.78, 5) is 10.4. The number of rotatable bonds is 8. The van der Waals surface area contributed by atoms with Gasteiger partial charge in [-0.05, 0) is 5.92 Å². The SMILES string of the molecule is C=CCS(=O)(=O)NCC(CC)CC(=O)O. The highest BCUT2D eigenvalue weighted by atomic mass is 32.2. The summed E-state index contributed by atoms with van der Waals surface area (Å²) in [5.74, 6) is -1.22. The van der Waals surface area contributed by atoms with Gasteiger partial charge in [-0.3, -0.25) is 4.79 Å². The second-order valence-corrected chi connectivity index (χ2v) is 5.14. The highest BCUT2D eigenvalue weighted by Gasteiger charge is 2.14. The normalized spacial score (nSPS) is 13.4. The van der Waals surface area contributed by atoms with Crippen LogP contribution in [0.5, 0.6) is 0 Å². The smallest absolute Gasteiger partial charge is 0.303 e. The van der Waals surface area contributed by atoms with Gasteiger partial charge < -0.3 is 5.11 Å². The van der Waals surface area contributed by atoms with Gasteiger partial charge in [-0.15, -0.1) is 6.58 Å². The fourth-order valence-electron chi connectivity index (χ4n) is 1.07. The number of nitrogens with one attached hydrogen (secondary N) is 1. The van der Waals surface area contributed by atoms with Crippen LogP contribution in [-0.2, 0) is 14.8 Å². The first-order chi connectivity index (χ1) is 6.91. The predicted molar refractivity (Wildman–Crippen MR) is 58.0 cm³/mol. The molecule has 0 bridgehead atoms. The maximum absolute atomic E-state index is 11.2. The number of hydrogen-bond donors (Lipinski definition) is 2. The number of carboxylic acids is 1. The molecule has 0 aromatic carbocycles. The van der Waals surface area contributed by atoms with E-state index in [4.69, 9.17) is 5.11 Å². The molecule has 0 spiro atoms. The van der Waals surface area contributed by atoms with Crippen molar-refractivity contribution in [1.82, 2.24) is 4.72 Å². The van der Waals surface area contributed by atoms with Gasteiger partial charge in [-0.2, -0.15) is 0 Å². The van der Waals surface area contributed by atoms with Crippen molar-refractivity contribution in [3.8, 4) is 0 Å². The minimum Gasteiger partial charge on any atom is -0.481 e. The zero-order valence-electron chi connectivity index (χ0n) is 8.77. The van der Waals surface area contributed by atoms with Crippen molar-refractivity contribution in [2.45, 2.75) is 19.8 Å². The molecule has 0 saturated carbocycles. The quantitative estimate of drug-likeness (QED) is 0.603. The molecule has 1 atom stereocenters. The summed E-state index contributed by atoms with van der Waals surface area (Å²) in [5, 5.41) is 8.55. The zero-order valence-corrected chi connectivity index (χ0v) is 9.59. The Labute approximate surface area is 90.2 Å². The van der Waals surface area contributed by atoms with E-state index < -0.39 is 16.0 Å². The fourth-order valence-corrected chi connectivity index (χ4v) is 1.98. The van der Waals surface area contributed by atoms with Gasteiger partial charge in [-0.1, -0.05) is 19.4 Å². The minimum atomic E-state index is -3.33. The van der Waals surface area contributed by atoms with Gasteiger partial charge >= 0.3 is 5.97 Å². The standard InChI is InChI=1S/C9H17NO4S/c1-3-5-15(13,14)10-7-8(4-2)6-9(11)12/h3,8,10H,1,4-7H2,2H3,(H,11,12). The highest BCUT2D eigenvalue weighted by Crippen LogP contribution is 2.07. The lowest BCUT2D eigenvalue weighted by atomic mass is 10.0. The predicted octanol–water partition coefficient (Wildman–Crippen LogP) is 0.593. The maximum Gasteiger partial charge on any atom is 0.303 e. The average Bonchev–Trinajstić information content (AvgIpc) is 2.11. The number of hydrogen-bond acceptors (Lipinski definition) is 3. The van der Waals surface area contributed by atoms with Gasteiger partial charge in [0, 0.05) is 13.0 Å². The van der Waals surface area contributed by atoms with Crippen LogP contribution in [0.2, 0.25) is 0 Å². The van der Waals surface area contributed by atoms with Gasteiger partial charge in [0.15, 0.2) is 0 Å². The van der Waals surface area contributed by atoms with Crippen LogP contribution in [0.3, 0.4) is 0 Å². The lowest BCUT2D eigenvalue weighted by Crippen LogP contribution is -2.31. The largest absolute Gasteiger partial charge is 0.481 e. The second-order valence-electron chi connectivity index (χ2n) is 3.29. The lowest BCUT2D eigenvalue weighted by molar-refractivity contribution is -0.138. The van der Waals surface area contributed by atoms with E-state index in [0.717, 1.165) is 0 Å². The van der Waals surface area contributed by atoms with Gasteiger partial charge in [0.25, 0.3) is 0 Å². The van der Waals surface area contributed by atoms with Crippen molar-refractivity contribution in [3.05, 3.63) is 12.7 Å². The molecule has 0 fully saturated rings. The zero-order chi connectivity index (χ0) is 11.9. The Morgan fingerprint density at radius 1 is 1.60 bits per heavy atom. The third-order valence-corrected chi connectivity index (χ3v) is 3.25. The molecule has 2 N–H and O–H groups in total. The van der Waals surface area contributed by atoms with Crippen LogP contribution in [0.1, 0.15) is 19.8 Å². The van der Waals surface area contributed by atoms with Gasteiger partial charge in [0.05, 0.1) is 5.75 Å². The Morgan fingerprint density at radius 2 is 2.20 bits per heavy atom. The van der Waals surface area contributed by atoms with Crippen molar-refractivity contribution < 1.29 is 18.3 Å². The van der Waals surface area contributed by atoms with Crippen molar-refractivity contribution in [2.24, 2.45) is 5.92 Å². The molecule has 0 aliphatic carbocycles. The molecule has 0 aliphatic rings. The van der Waals surface area contributed by atoms with E-state index >= 15 is 0 Å². The monoisotopic (exact) mass is 235 g/mol. The molecule has 1 unspecified atom stereocenters. The molecule has 15 heavy (non-hydrogen) atoms. The van der Waals surface area contributed by atoms with Gasteiger partial charge in [-0.25, -0.2) is 13.1 Å². The van der Waals surface area contributed by atoms with Crippen LogP contribution >= 0.6 is 0 Å². The fraction of sp³-hybridized carbons (Fsp3) is 0.667. The van der Waals surface area contributed by atoms with Crippen LogP contribution in [-0.4, -0.2) is 31.8 Å². The topological polar surface area (TPSA) is 83.5 Å². The Balaban J connectivity index is 4.10.